The van der Waals surface area contributed by atoms with E-state index in [9.17, 15) is 4.79 Å². The van der Waals surface area contributed by atoms with Crippen LogP contribution >= 0.6 is 34.3 Å². The van der Waals surface area contributed by atoms with Gasteiger partial charge in [-0.15, -0.1) is 16.4 Å². The van der Waals surface area contributed by atoms with Crippen molar-refractivity contribution >= 4 is 57.5 Å². The number of furan rings is 1. The van der Waals surface area contributed by atoms with E-state index in [0.29, 0.717) is 31.9 Å². The third kappa shape index (κ3) is 3.67. The Labute approximate surface area is 177 Å². The molecule has 0 unspecified atom stereocenters. The highest BCUT2D eigenvalue weighted by atomic mass is 35.5. The van der Waals surface area contributed by atoms with Crippen molar-refractivity contribution in [2.75, 3.05) is 0 Å². The van der Waals surface area contributed by atoms with Crippen molar-refractivity contribution in [3.63, 3.8) is 0 Å². The lowest BCUT2D eigenvalue weighted by molar-refractivity contribution is 0.571. The van der Waals surface area contributed by atoms with Crippen molar-refractivity contribution in [2.45, 2.75) is 0 Å². The first-order chi connectivity index (χ1) is 14.2. The molecule has 0 aliphatic heterocycles. The summed E-state index contributed by atoms with van der Waals surface area (Å²) in [7, 11) is 0. The lowest BCUT2D eigenvalue weighted by Crippen LogP contribution is -2.23. The largest absolute Gasteiger partial charge is 0.457 e. The first-order valence-electron chi connectivity index (χ1n) is 8.64. The summed E-state index contributed by atoms with van der Waals surface area (Å²) in [5.74, 6) is 1.78. The van der Waals surface area contributed by atoms with Crippen molar-refractivity contribution in [3.8, 4) is 11.3 Å². The van der Waals surface area contributed by atoms with Gasteiger partial charge in [0.2, 0.25) is 4.96 Å². The standard InChI is InChI=1S/C21H12ClN3O2S2/c22-14-4-1-3-13(11-14)17-8-6-15(27-17)12-18-20(26)25-21(29-18)23-19(24-25)9-7-16-5-2-10-28-16/h1-12H/b9-7+,18-12-. The van der Waals surface area contributed by atoms with Gasteiger partial charge in [0.25, 0.3) is 5.56 Å². The lowest BCUT2D eigenvalue weighted by Gasteiger charge is -1.96. The maximum absolute atomic E-state index is 12.7. The minimum absolute atomic E-state index is 0.214. The van der Waals surface area contributed by atoms with Crippen LogP contribution in [0.1, 0.15) is 16.5 Å². The Morgan fingerprint density at radius 3 is 2.83 bits per heavy atom. The van der Waals surface area contributed by atoms with Crippen LogP contribution in [0.25, 0.3) is 34.5 Å². The number of halogens is 1. The summed E-state index contributed by atoms with van der Waals surface area (Å²) >= 11 is 8.95. The summed E-state index contributed by atoms with van der Waals surface area (Å²) < 4.78 is 7.69. The number of thiophene rings is 1. The quantitative estimate of drug-likeness (QED) is 0.403. The summed E-state index contributed by atoms with van der Waals surface area (Å²) in [4.78, 5) is 18.7. The third-order valence-corrected chi connectivity index (χ3v) is 6.18. The van der Waals surface area contributed by atoms with Gasteiger partial charge < -0.3 is 4.42 Å². The van der Waals surface area contributed by atoms with Crippen LogP contribution in [-0.4, -0.2) is 14.6 Å². The molecule has 0 atom stereocenters. The van der Waals surface area contributed by atoms with E-state index in [1.54, 1.807) is 23.5 Å². The van der Waals surface area contributed by atoms with Crippen LogP contribution in [0.3, 0.4) is 0 Å². The molecule has 0 saturated heterocycles. The average Bonchev–Trinajstić information content (AvgIpc) is 3.48. The third-order valence-electron chi connectivity index (χ3n) is 4.15. The molecule has 0 aliphatic rings. The number of thiazole rings is 1. The second-order valence-electron chi connectivity index (χ2n) is 6.14. The highest BCUT2D eigenvalue weighted by Crippen LogP contribution is 2.25. The fraction of sp³-hybridized carbons (Fsp3) is 0. The van der Waals surface area contributed by atoms with Gasteiger partial charge in [-0.2, -0.15) is 9.50 Å². The zero-order valence-corrected chi connectivity index (χ0v) is 17.2. The number of rotatable bonds is 4. The van der Waals surface area contributed by atoms with Crippen molar-refractivity contribution in [1.82, 2.24) is 14.6 Å². The molecule has 0 aliphatic carbocycles. The highest BCUT2D eigenvalue weighted by molar-refractivity contribution is 7.15. The number of nitrogens with zero attached hydrogens (tertiary/aromatic N) is 3. The van der Waals surface area contributed by atoms with E-state index in [4.69, 9.17) is 16.0 Å². The normalized spacial score (nSPS) is 12.5. The van der Waals surface area contributed by atoms with E-state index >= 15 is 0 Å². The molecule has 4 aromatic heterocycles. The molecule has 0 saturated carbocycles. The fourth-order valence-corrected chi connectivity index (χ4v) is 4.52. The number of hydrogen-bond acceptors (Lipinski definition) is 6. The van der Waals surface area contributed by atoms with E-state index in [2.05, 4.69) is 10.1 Å². The smallest absolute Gasteiger partial charge is 0.291 e. The molecule has 0 N–H and O–H groups in total. The number of hydrogen-bond donors (Lipinski definition) is 0. The first-order valence-corrected chi connectivity index (χ1v) is 10.7. The Bertz CT molecular complexity index is 1440. The van der Waals surface area contributed by atoms with Crippen molar-refractivity contribution in [3.05, 3.63) is 90.3 Å². The Kier molecular flexibility index (Phi) is 4.63. The summed E-state index contributed by atoms with van der Waals surface area (Å²) in [6.07, 6.45) is 5.44. The van der Waals surface area contributed by atoms with Gasteiger partial charge in [0.05, 0.1) is 0 Å². The molecule has 0 spiro atoms. The minimum atomic E-state index is -0.214. The molecule has 0 bridgehead atoms. The minimum Gasteiger partial charge on any atom is -0.457 e. The molecule has 4 heterocycles. The molecular weight excluding hydrogens is 426 g/mol. The van der Waals surface area contributed by atoms with Crippen molar-refractivity contribution in [2.24, 2.45) is 0 Å². The number of fused-ring (bicyclic) bond motifs is 1. The van der Waals surface area contributed by atoms with Crippen molar-refractivity contribution < 1.29 is 4.42 Å². The molecule has 5 nitrogen and oxygen atoms in total. The van der Waals surface area contributed by atoms with Crippen LogP contribution in [-0.2, 0) is 0 Å². The predicted octanol–water partition coefficient (Wildman–Crippen LogP) is 4.84. The molecule has 8 heteroatoms. The fourth-order valence-electron chi connectivity index (χ4n) is 2.82. The molecule has 0 amide bonds. The number of aromatic nitrogens is 3. The van der Waals surface area contributed by atoms with Crippen molar-refractivity contribution in [1.29, 1.82) is 0 Å². The molecular formula is C21H12ClN3O2S2. The van der Waals surface area contributed by atoms with Crippen LogP contribution in [0.15, 0.2) is 63.1 Å². The van der Waals surface area contributed by atoms with Crippen LogP contribution in [0.5, 0.6) is 0 Å². The van der Waals surface area contributed by atoms with Gasteiger partial charge >= 0.3 is 0 Å². The van der Waals surface area contributed by atoms with Crippen LogP contribution in [0.2, 0.25) is 5.02 Å². The summed E-state index contributed by atoms with van der Waals surface area (Å²) in [6, 6.07) is 15.1. The van der Waals surface area contributed by atoms with E-state index < -0.39 is 0 Å². The monoisotopic (exact) mass is 437 g/mol. The Hall–Kier alpha value is -3.00. The predicted molar refractivity (Wildman–Crippen MR) is 118 cm³/mol. The summed E-state index contributed by atoms with van der Waals surface area (Å²) in [5, 5.41) is 6.94. The average molecular weight is 438 g/mol. The molecule has 0 fully saturated rings. The second-order valence-corrected chi connectivity index (χ2v) is 8.57. The first kappa shape index (κ1) is 18.1. The van der Waals surface area contributed by atoms with E-state index in [0.717, 1.165) is 10.4 Å². The van der Waals surface area contributed by atoms with Gasteiger partial charge in [-0.1, -0.05) is 41.1 Å². The van der Waals surface area contributed by atoms with Gasteiger partial charge in [-0.05, 0) is 47.9 Å². The Morgan fingerprint density at radius 1 is 1.10 bits per heavy atom. The van der Waals surface area contributed by atoms with E-state index in [1.165, 1.54) is 15.9 Å². The SMILES string of the molecule is O=c1/c(=C/c2ccc(-c3cccc(Cl)c3)o2)sc2nc(/C=C/c3cccs3)nn12. The molecule has 0 radical (unpaired) electrons. The maximum Gasteiger partial charge on any atom is 0.291 e. The molecule has 29 heavy (non-hydrogen) atoms. The van der Waals surface area contributed by atoms with Gasteiger partial charge in [-0.3, -0.25) is 4.79 Å². The maximum atomic E-state index is 12.7. The molecule has 142 valence electrons. The Morgan fingerprint density at radius 2 is 2.03 bits per heavy atom. The van der Waals surface area contributed by atoms with Crippen LogP contribution in [0.4, 0.5) is 0 Å². The van der Waals surface area contributed by atoms with Gasteiger partial charge in [0.1, 0.15) is 16.1 Å². The number of benzene rings is 1. The highest BCUT2D eigenvalue weighted by Gasteiger charge is 2.10. The van der Waals surface area contributed by atoms with E-state index in [-0.39, 0.29) is 5.56 Å². The molecule has 5 rings (SSSR count). The van der Waals surface area contributed by atoms with Crippen LogP contribution in [0, 0.1) is 0 Å². The molecule has 1 aromatic carbocycles. The summed E-state index contributed by atoms with van der Waals surface area (Å²) in [6.45, 7) is 0. The zero-order chi connectivity index (χ0) is 19.8. The van der Waals surface area contributed by atoms with Gasteiger partial charge in [0.15, 0.2) is 5.82 Å². The van der Waals surface area contributed by atoms with Gasteiger partial charge in [0, 0.05) is 21.5 Å². The zero-order valence-electron chi connectivity index (χ0n) is 14.8. The Balaban J connectivity index is 1.46. The lowest BCUT2D eigenvalue weighted by atomic mass is 10.2. The second kappa shape index (κ2) is 7.44. The van der Waals surface area contributed by atoms with Crippen LogP contribution < -0.4 is 10.1 Å². The topological polar surface area (TPSA) is 60.4 Å². The summed E-state index contributed by atoms with van der Waals surface area (Å²) in [5.41, 5.74) is 0.665. The van der Waals surface area contributed by atoms with Gasteiger partial charge in [-0.25, -0.2) is 0 Å². The van der Waals surface area contributed by atoms with E-state index in [1.807, 2.05) is 60.0 Å². The molecule has 5 aromatic rings.